The molecule has 0 aliphatic heterocycles. The average Bonchev–Trinajstić information content (AvgIpc) is 2.46. The second-order valence-corrected chi connectivity index (χ2v) is 5.57. The number of carbonyl (C=O) groups is 2. The normalized spacial score (nSPS) is 42.2. The monoisotopic (exact) mass is 226 g/mol. The highest BCUT2D eigenvalue weighted by atomic mass is 16.5. The van der Waals surface area contributed by atoms with Crippen LogP contribution in [0.25, 0.3) is 0 Å². The highest BCUT2D eigenvalue weighted by Gasteiger charge is 2.56. The van der Waals surface area contributed by atoms with Crippen LogP contribution in [0, 0.1) is 11.3 Å². The lowest BCUT2D eigenvalue weighted by atomic mass is 9.68. The lowest BCUT2D eigenvalue weighted by Crippen LogP contribution is -2.47. The van der Waals surface area contributed by atoms with Crippen molar-refractivity contribution in [2.75, 3.05) is 7.11 Å². The average molecular weight is 226 g/mol. The van der Waals surface area contributed by atoms with Crippen LogP contribution in [0.15, 0.2) is 0 Å². The molecule has 2 bridgehead atoms. The molecule has 0 spiro atoms. The van der Waals surface area contributed by atoms with E-state index in [1.54, 1.807) is 0 Å². The fourth-order valence-corrected chi connectivity index (χ4v) is 3.28. The molecule has 4 nitrogen and oxygen atoms in total. The summed E-state index contributed by atoms with van der Waals surface area (Å²) in [5.74, 6) is -0.961. The Morgan fingerprint density at radius 3 is 2.88 bits per heavy atom. The molecule has 2 aliphatic rings. The van der Waals surface area contributed by atoms with Crippen LogP contribution >= 0.6 is 0 Å². The van der Waals surface area contributed by atoms with Gasteiger partial charge in [0, 0.05) is 6.42 Å². The van der Waals surface area contributed by atoms with E-state index in [0.29, 0.717) is 19.3 Å². The van der Waals surface area contributed by atoms with Gasteiger partial charge in [0.05, 0.1) is 25.0 Å². The third kappa shape index (κ3) is 1.75. The molecular weight excluding hydrogens is 208 g/mol. The van der Waals surface area contributed by atoms with Crippen LogP contribution < -0.4 is 0 Å². The highest BCUT2D eigenvalue weighted by Crippen LogP contribution is 2.55. The molecule has 0 amide bonds. The van der Waals surface area contributed by atoms with Gasteiger partial charge < -0.3 is 9.84 Å². The van der Waals surface area contributed by atoms with Crippen molar-refractivity contribution in [2.45, 2.75) is 44.6 Å². The van der Waals surface area contributed by atoms with E-state index in [9.17, 15) is 14.7 Å². The Labute approximate surface area is 95.0 Å². The molecule has 0 aromatic rings. The number of ether oxygens (including phenoxy) is 1. The Morgan fingerprint density at radius 2 is 2.25 bits per heavy atom. The molecule has 3 unspecified atom stereocenters. The fraction of sp³-hybridized carbons (Fsp3) is 0.833. The van der Waals surface area contributed by atoms with Gasteiger partial charge >= 0.3 is 5.97 Å². The summed E-state index contributed by atoms with van der Waals surface area (Å²) in [6.07, 6.45) is 2.62. The van der Waals surface area contributed by atoms with E-state index in [2.05, 4.69) is 4.74 Å². The number of hydrogen-bond donors (Lipinski definition) is 1. The number of hydrogen-bond acceptors (Lipinski definition) is 4. The van der Waals surface area contributed by atoms with Gasteiger partial charge in [-0.15, -0.1) is 0 Å². The van der Waals surface area contributed by atoms with Gasteiger partial charge in [-0.1, -0.05) is 6.92 Å². The van der Waals surface area contributed by atoms with Crippen molar-refractivity contribution in [3.63, 3.8) is 0 Å². The third-order valence-electron chi connectivity index (χ3n) is 4.13. The van der Waals surface area contributed by atoms with E-state index in [1.807, 2.05) is 6.92 Å². The fourth-order valence-electron chi connectivity index (χ4n) is 3.28. The summed E-state index contributed by atoms with van der Waals surface area (Å²) in [7, 11) is 1.30. The van der Waals surface area contributed by atoms with Crippen LogP contribution in [-0.2, 0) is 14.3 Å². The number of ketones is 1. The van der Waals surface area contributed by atoms with Crippen molar-refractivity contribution in [1.29, 1.82) is 0 Å². The summed E-state index contributed by atoms with van der Waals surface area (Å²) in [4.78, 5) is 23.2. The van der Waals surface area contributed by atoms with Gasteiger partial charge in [-0.3, -0.25) is 9.59 Å². The molecule has 3 atom stereocenters. The van der Waals surface area contributed by atoms with Gasteiger partial charge in [-0.25, -0.2) is 0 Å². The molecule has 0 aromatic carbocycles. The maximum absolute atomic E-state index is 11.9. The summed E-state index contributed by atoms with van der Waals surface area (Å²) in [5.41, 5.74) is -1.03. The van der Waals surface area contributed by atoms with Crippen molar-refractivity contribution >= 4 is 11.8 Å². The Hall–Kier alpha value is -0.900. The topological polar surface area (TPSA) is 63.6 Å². The summed E-state index contributed by atoms with van der Waals surface area (Å²) in [5, 5.41) is 10.4. The number of aliphatic hydroxyl groups is 1. The van der Waals surface area contributed by atoms with Crippen LogP contribution in [0.3, 0.4) is 0 Å². The molecule has 4 heteroatoms. The van der Waals surface area contributed by atoms with E-state index < -0.39 is 17.5 Å². The molecule has 2 aliphatic carbocycles. The molecular formula is C12H18O4. The first-order chi connectivity index (χ1) is 7.38. The highest BCUT2D eigenvalue weighted by molar-refractivity contribution is 5.88. The smallest absolute Gasteiger partial charge is 0.306 e. The number of methoxy groups -OCH3 is 1. The number of esters is 1. The van der Waals surface area contributed by atoms with Crippen molar-refractivity contribution in [3.05, 3.63) is 0 Å². The Bertz CT molecular complexity index is 338. The number of rotatable bonds is 2. The minimum absolute atomic E-state index is 0.0131. The van der Waals surface area contributed by atoms with E-state index in [-0.39, 0.29) is 17.6 Å². The first kappa shape index (κ1) is 11.6. The number of carbonyl (C=O) groups excluding carboxylic acids is 2. The zero-order valence-electron chi connectivity index (χ0n) is 9.78. The van der Waals surface area contributed by atoms with Gasteiger partial charge in [0.15, 0.2) is 0 Å². The predicted octanol–water partition coefficient (Wildman–Crippen LogP) is 1.06. The molecule has 16 heavy (non-hydrogen) atoms. The van der Waals surface area contributed by atoms with Crippen molar-refractivity contribution in [3.8, 4) is 0 Å². The molecule has 2 saturated carbocycles. The Morgan fingerprint density at radius 1 is 1.56 bits per heavy atom. The largest absolute Gasteiger partial charge is 0.469 e. The van der Waals surface area contributed by atoms with Gasteiger partial charge in [0.25, 0.3) is 0 Å². The van der Waals surface area contributed by atoms with Crippen molar-refractivity contribution < 1.29 is 19.4 Å². The number of Topliss-reactive ketones (excluding diaryl/α,β-unsaturated/α-hetero) is 1. The van der Waals surface area contributed by atoms with E-state index >= 15 is 0 Å². The lowest BCUT2D eigenvalue weighted by molar-refractivity contribution is -0.153. The maximum Gasteiger partial charge on any atom is 0.306 e. The summed E-state index contributed by atoms with van der Waals surface area (Å²) < 4.78 is 4.58. The van der Waals surface area contributed by atoms with Crippen LogP contribution in [0.5, 0.6) is 0 Å². The first-order valence-corrected chi connectivity index (χ1v) is 5.70. The van der Waals surface area contributed by atoms with Gasteiger partial charge in [0.2, 0.25) is 0 Å². The first-order valence-electron chi connectivity index (χ1n) is 5.70. The molecule has 2 fully saturated rings. The molecule has 0 heterocycles. The Balaban J connectivity index is 2.19. The van der Waals surface area contributed by atoms with Crippen LogP contribution in [0.2, 0.25) is 0 Å². The minimum Gasteiger partial charge on any atom is -0.469 e. The minimum atomic E-state index is -0.974. The van der Waals surface area contributed by atoms with Gasteiger partial charge in [0.1, 0.15) is 5.78 Å². The van der Waals surface area contributed by atoms with Crippen molar-refractivity contribution in [2.24, 2.45) is 11.3 Å². The summed E-state index contributed by atoms with van der Waals surface area (Å²) in [6.45, 7) is 2.04. The second kappa shape index (κ2) is 3.55. The quantitative estimate of drug-likeness (QED) is 0.715. The SMILES string of the molecule is COC(=O)CC1C(=O)CC2(C)CCC1(O)C2. The molecule has 0 saturated heterocycles. The standard InChI is InChI=1S/C12H18O4/c1-11-3-4-12(15,7-11)8(9(13)6-11)5-10(14)16-2/h8,15H,3-7H2,1-2H3. The van der Waals surface area contributed by atoms with Gasteiger partial charge in [-0.05, 0) is 24.7 Å². The van der Waals surface area contributed by atoms with E-state index in [1.165, 1.54) is 7.11 Å². The zero-order valence-corrected chi connectivity index (χ0v) is 9.78. The summed E-state index contributed by atoms with van der Waals surface area (Å²) >= 11 is 0. The van der Waals surface area contributed by atoms with Crippen molar-refractivity contribution in [1.82, 2.24) is 0 Å². The predicted molar refractivity (Wildman–Crippen MR) is 56.7 cm³/mol. The second-order valence-electron chi connectivity index (χ2n) is 5.57. The maximum atomic E-state index is 11.9. The zero-order chi connectivity index (χ0) is 12.0. The van der Waals surface area contributed by atoms with Crippen LogP contribution in [0.4, 0.5) is 0 Å². The third-order valence-corrected chi connectivity index (χ3v) is 4.13. The molecule has 2 rings (SSSR count). The van der Waals surface area contributed by atoms with E-state index in [4.69, 9.17) is 0 Å². The molecule has 0 radical (unpaired) electrons. The molecule has 90 valence electrons. The lowest BCUT2D eigenvalue weighted by Gasteiger charge is -2.38. The Kier molecular flexibility index (Phi) is 2.57. The molecule has 1 N–H and O–H groups in total. The molecule has 0 aromatic heterocycles. The van der Waals surface area contributed by atoms with Gasteiger partial charge in [-0.2, -0.15) is 0 Å². The van der Waals surface area contributed by atoms with E-state index in [0.717, 1.165) is 6.42 Å². The van der Waals surface area contributed by atoms with Crippen LogP contribution in [-0.4, -0.2) is 29.6 Å². The summed E-state index contributed by atoms with van der Waals surface area (Å²) in [6, 6.07) is 0. The number of fused-ring (bicyclic) bond motifs is 2. The van der Waals surface area contributed by atoms with Crippen LogP contribution in [0.1, 0.15) is 39.0 Å².